The van der Waals surface area contributed by atoms with Crippen molar-refractivity contribution in [2.75, 3.05) is 11.4 Å². The number of anilines is 1. The number of rotatable bonds is 2. The second kappa shape index (κ2) is 6.16. The van der Waals surface area contributed by atoms with E-state index in [-0.39, 0.29) is 5.91 Å². The van der Waals surface area contributed by atoms with Crippen molar-refractivity contribution in [1.29, 1.82) is 0 Å². The highest BCUT2D eigenvalue weighted by Gasteiger charge is 2.20. The number of nitrogens with zero attached hydrogens (tertiary/aromatic N) is 1. The van der Waals surface area contributed by atoms with Gasteiger partial charge in [-0.2, -0.15) is 0 Å². The Hall–Kier alpha value is -2.39. The van der Waals surface area contributed by atoms with Crippen LogP contribution in [-0.2, 0) is 11.3 Å². The lowest BCUT2D eigenvalue weighted by atomic mass is 9.99. The van der Waals surface area contributed by atoms with Gasteiger partial charge in [0.2, 0.25) is 5.91 Å². The number of nitrogens with two attached hydrogens (primary N) is 1. The maximum atomic E-state index is 12.5. The molecule has 0 atom stereocenters. The fraction of sp³-hybridized carbons (Fsp3) is 0.211. The zero-order chi connectivity index (χ0) is 15.5. The van der Waals surface area contributed by atoms with E-state index in [0.29, 0.717) is 19.5 Å². The Morgan fingerprint density at radius 3 is 2.73 bits per heavy atom. The maximum Gasteiger partial charge on any atom is 0.228 e. The predicted molar refractivity (Wildman–Crippen MR) is 91.4 cm³/mol. The molecule has 0 bridgehead atoms. The van der Waals surface area contributed by atoms with E-state index in [2.05, 4.69) is 37.3 Å². The highest BCUT2D eigenvalue weighted by atomic mass is 16.2. The van der Waals surface area contributed by atoms with Crippen molar-refractivity contribution in [2.24, 2.45) is 5.73 Å². The summed E-state index contributed by atoms with van der Waals surface area (Å²) in [5.74, 6) is 0.0673. The molecule has 0 fully saturated rings. The van der Waals surface area contributed by atoms with Crippen LogP contribution < -0.4 is 10.6 Å². The van der Waals surface area contributed by atoms with Crippen molar-refractivity contribution in [3.63, 3.8) is 0 Å². The fourth-order valence-electron chi connectivity index (χ4n) is 2.81. The molecule has 3 rings (SSSR count). The third kappa shape index (κ3) is 2.81. The smallest absolute Gasteiger partial charge is 0.228 e. The van der Waals surface area contributed by atoms with Gasteiger partial charge in [-0.15, -0.1) is 0 Å². The normalized spacial score (nSPS) is 14.5. The average molecular weight is 292 g/mol. The summed E-state index contributed by atoms with van der Waals surface area (Å²) >= 11 is 0. The third-order valence-corrected chi connectivity index (χ3v) is 3.96. The molecule has 0 aliphatic carbocycles. The Kier molecular flexibility index (Phi) is 4.07. The van der Waals surface area contributed by atoms with Crippen molar-refractivity contribution >= 4 is 23.7 Å². The summed E-state index contributed by atoms with van der Waals surface area (Å²) < 4.78 is 0. The molecule has 0 saturated heterocycles. The highest BCUT2D eigenvalue weighted by Crippen LogP contribution is 2.30. The van der Waals surface area contributed by atoms with Gasteiger partial charge < -0.3 is 10.6 Å². The molecule has 112 valence electrons. The zero-order valence-electron chi connectivity index (χ0n) is 12.8. The van der Waals surface area contributed by atoms with Crippen molar-refractivity contribution in [1.82, 2.24) is 0 Å². The number of aryl methyl sites for hydroxylation is 1. The summed E-state index contributed by atoms with van der Waals surface area (Å²) in [6.45, 7) is 3.01. The third-order valence-electron chi connectivity index (χ3n) is 3.96. The molecule has 0 aromatic heterocycles. The van der Waals surface area contributed by atoms with Crippen LogP contribution in [0.2, 0.25) is 0 Å². The largest absolute Gasteiger partial charge is 0.330 e. The number of fused-ring (bicyclic) bond motifs is 2. The molecule has 0 unspecified atom stereocenters. The summed E-state index contributed by atoms with van der Waals surface area (Å²) in [5, 5.41) is 0. The molecule has 1 aliphatic heterocycles. The van der Waals surface area contributed by atoms with Gasteiger partial charge in [0.05, 0.1) is 12.2 Å². The molecule has 0 spiro atoms. The van der Waals surface area contributed by atoms with Crippen LogP contribution in [0.5, 0.6) is 0 Å². The molecule has 3 heteroatoms. The molecule has 1 amide bonds. The highest BCUT2D eigenvalue weighted by molar-refractivity contribution is 5.97. The molecule has 2 aromatic carbocycles. The zero-order valence-corrected chi connectivity index (χ0v) is 12.8. The van der Waals surface area contributed by atoms with E-state index in [0.717, 1.165) is 22.4 Å². The van der Waals surface area contributed by atoms with Crippen molar-refractivity contribution in [3.05, 3.63) is 64.7 Å². The first-order valence-corrected chi connectivity index (χ1v) is 7.56. The van der Waals surface area contributed by atoms with Crippen LogP contribution in [0.3, 0.4) is 0 Å². The Morgan fingerprint density at radius 2 is 1.91 bits per heavy atom. The van der Waals surface area contributed by atoms with Crippen molar-refractivity contribution in [3.8, 4) is 0 Å². The van der Waals surface area contributed by atoms with Gasteiger partial charge in [-0.25, -0.2) is 0 Å². The topological polar surface area (TPSA) is 46.3 Å². The fourth-order valence-corrected chi connectivity index (χ4v) is 2.81. The van der Waals surface area contributed by atoms with Gasteiger partial charge in [-0.3, -0.25) is 4.79 Å². The summed E-state index contributed by atoms with van der Waals surface area (Å²) in [6.07, 6.45) is 4.57. The Labute approximate surface area is 131 Å². The lowest BCUT2D eigenvalue weighted by Gasteiger charge is -2.27. The molecule has 22 heavy (non-hydrogen) atoms. The second-order valence-corrected chi connectivity index (χ2v) is 5.61. The number of carbonyl (C=O) groups is 1. The van der Waals surface area contributed by atoms with E-state index in [9.17, 15) is 4.79 Å². The maximum absolute atomic E-state index is 12.5. The van der Waals surface area contributed by atoms with Gasteiger partial charge in [-0.1, -0.05) is 48.0 Å². The van der Waals surface area contributed by atoms with E-state index in [1.165, 1.54) is 5.56 Å². The molecule has 0 saturated carbocycles. The molecular formula is C19H20N2O. The predicted octanol–water partition coefficient (Wildman–Crippen LogP) is 3.36. The first kappa shape index (κ1) is 14.5. The van der Waals surface area contributed by atoms with Gasteiger partial charge in [0.15, 0.2) is 0 Å². The van der Waals surface area contributed by atoms with E-state index < -0.39 is 0 Å². The van der Waals surface area contributed by atoms with Gasteiger partial charge in [-0.05, 0) is 35.7 Å². The van der Waals surface area contributed by atoms with Crippen LogP contribution in [0.1, 0.15) is 28.7 Å². The molecule has 2 aromatic rings. The van der Waals surface area contributed by atoms with Crippen LogP contribution >= 0.6 is 0 Å². The molecule has 1 heterocycles. The summed E-state index contributed by atoms with van der Waals surface area (Å²) in [5.41, 5.74) is 11.1. The van der Waals surface area contributed by atoms with Gasteiger partial charge in [0.1, 0.15) is 0 Å². The SMILES string of the molecule is Cc1ccc2c(c1)/C=C\c1ccccc1CN2C(=O)CCN. The van der Waals surface area contributed by atoms with E-state index in [1.807, 2.05) is 29.2 Å². The quantitative estimate of drug-likeness (QED) is 0.922. The number of carbonyl (C=O) groups excluding carboxylic acids is 1. The van der Waals surface area contributed by atoms with Gasteiger partial charge in [0, 0.05) is 13.0 Å². The number of benzene rings is 2. The van der Waals surface area contributed by atoms with Crippen LogP contribution in [0.4, 0.5) is 5.69 Å². The molecule has 1 aliphatic rings. The first-order chi connectivity index (χ1) is 10.7. The summed E-state index contributed by atoms with van der Waals surface area (Å²) in [7, 11) is 0. The molecule has 2 N–H and O–H groups in total. The van der Waals surface area contributed by atoms with Crippen LogP contribution in [0.25, 0.3) is 12.2 Å². The van der Waals surface area contributed by atoms with Crippen molar-refractivity contribution in [2.45, 2.75) is 19.9 Å². The van der Waals surface area contributed by atoms with Crippen LogP contribution in [-0.4, -0.2) is 12.5 Å². The Balaban J connectivity index is 2.14. The second-order valence-electron chi connectivity index (χ2n) is 5.61. The molecule has 3 nitrogen and oxygen atoms in total. The van der Waals surface area contributed by atoms with E-state index in [1.54, 1.807) is 0 Å². The minimum Gasteiger partial charge on any atom is -0.330 e. The molecular weight excluding hydrogens is 272 g/mol. The lowest BCUT2D eigenvalue weighted by Crippen LogP contribution is -2.33. The number of amides is 1. The van der Waals surface area contributed by atoms with E-state index >= 15 is 0 Å². The van der Waals surface area contributed by atoms with E-state index in [4.69, 9.17) is 5.73 Å². The van der Waals surface area contributed by atoms with Crippen LogP contribution in [0, 0.1) is 6.92 Å². The first-order valence-electron chi connectivity index (χ1n) is 7.56. The summed E-state index contributed by atoms with van der Waals surface area (Å²) in [4.78, 5) is 14.4. The Bertz CT molecular complexity index is 734. The standard InChI is InChI=1S/C19H20N2O/c1-14-6-9-18-16(12-14)8-7-15-4-2-3-5-17(15)13-21(18)19(22)10-11-20/h2-9,12H,10-11,13,20H2,1H3/b8-7-. The molecule has 0 radical (unpaired) electrons. The van der Waals surface area contributed by atoms with Crippen molar-refractivity contribution < 1.29 is 4.79 Å². The lowest BCUT2D eigenvalue weighted by molar-refractivity contribution is -0.118. The summed E-state index contributed by atoms with van der Waals surface area (Å²) in [6, 6.07) is 14.4. The van der Waals surface area contributed by atoms with Gasteiger partial charge in [0.25, 0.3) is 0 Å². The number of hydrogen-bond donors (Lipinski definition) is 1. The van der Waals surface area contributed by atoms with Gasteiger partial charge >= 0.3 is 0 Å². The minimum absolute atomic E-state index is 0.0673. The minimum atomic E-state index is 0.0673. The monoisotopic (exact) mass is 292 g/mol. The van der Waals surface area contributed by atoms with Crippen LogP contribution in [0.15, 0.2) is 42.5 Å². The average Bonchev–Trinajstić information content (AvgIpc) is 2.50. The number of hydrogen-bond acceptors (Lipinski definition) is 2. The Morgan fingerprint density at radius 1 is 1.14 bits per heavy atom.